The minimum absolute atomic E-state index is 0.163. The molecule has 0 fully saturated rings. The lowest BCUT2D eigenvalue weighted by molar-refractivity contribution is 0.0115. The van der Waals surface area contributed by atoms with Crippen molar-refractivity contribution in [2.45, 2.75) is 18.6 Å². The van der Waals surface area contributed by atoms with E-state index in [0.29, 0.717) is 12.6 Å². The molecule has 0 aliphatic rings. The molecular weight excluding hydrogens is 235 g/mol. The summed E-state index contributed by atoms with van der Waals surface area (Å²) in [5.41, 5.74) is -0.451. The molecule has 3 N–H and O–H groups in total. The standard InChI is InChI=1S/C11H14F3NO2/c1-15-5-4-8(16)11(17)6-2-3-7(12)10(14)9(6)13/h2-3,8,11,15-17H,4-5H2,1H3. The van der Waals surface area contributed by atoms with Crippen LogP contribution in [0.15, 0.2) is 12.1 Å². The van der Waals surface area contributed by atoms with Crippen molar-refractivity contribution < 1.29 is 23.4 Å². The van der Waals surface area contributed by atoms with Crippen LogP contribution in [0.4, 0.5) is 13.2 Å². The molecule has 17 heavy (non-hydrogen) atoms. The molecular formula is C11H14F3NO2. The van der Waals surface area contributed by atoms with Crippen LogP contribution < -0.4 is 5.32 Å². The molecule has 0 radical (unpaired) electrons. The Balaban J connectivity index is 2.89. The number of hydrogen-bond donors (Lipinski definition) is 3. The zero-order chi connectivity index (χ0) is 13.0. The molecule has 0 heterocycles. The molecule has 6 heteroatoms. The summed E-state index contributed by atoms with van der Waals surface area (Å²) in [6, 6.07) is 1.63. The van der Waals surface area contributed by atoms with Gasteiger partial charge in [-0.25, -0.2) is 13.2 Å². The van der Waals surface area contributed by atoms with Gasteiger partial charge in [-0.3, -0.25) is 0 Å². The molecule has 1 rings (SSSR count). The average molecular weight is 249 g/mol. The molecule has 0 saturated carbocycles. The van der Waals surface area contributed by atoms with Crippen LogP contribution in [0.1, 0.15) is 18.1 Å². The van der Waals surface area contributed by atoms with Crippen LogP contribution in [0.25, 0.3) is 0 Å². The van der Waals surface area contributed by atoms with Crippen molar-refractivity contribution in [3.8, 4) is 0 Å². The fourth-order valence-corrected chi connectivity index (χ4v) is 1.43. The largest absolute Gasteiger partial charge is 0.390 e. The van der Waals surface area contributed by atoms with E-state index in [1.807, 2.05) is 0 Å². The lowest BCUT2D eigenvalue weighted by atomic mass is 10.0. The third-order valence-electron chi connectivity index (χ3n) is 2.44. The maximum atomic E-state index is 13.3. The molecule has 0 aliphatic heterocycles. The predicted molar refractivity (Wildman–Crippen MR) is 55.8 cm³/mol. The molecule has 3 nitrogen and oxygen atoms in total. The Hall–Kier alpha value is -1.11. The molecule has 96 valence electrons. The summed E-state index contributed by atoms with van der Waals surface area (Å²) in [5.74, 6) is -4.45. The highest BCUT2D eigenvalue weighted by molar-refractivity contribution is 5.23. The van der Waals surface area contributed by atoms with Crippen LogP contribution in [0, 0.1) is 17.5 Å². The number of benzene rings is 1. The molecule has 0 aliphatic carbocycles. The molecule has 0 saturated heterocycles. The zero-order valence-corrected chi connectivity index (χ0v) is 9.25. The second-order valence-electron chi connectivity index (χ2n) is 3.67. The van der Waals surface area contributed by atoms with E-state index in [4.69, 9.17) is 0 Å². The quantitative estimate of drug-likeness (QED) is 0.685. The van der Waals surface area contributed by atoms with Gasteiger partial charge in [-0.1, -0.05) is 6.07 Å². The summed E-state index contributed by atoms with van der Waals surface area (Å²) in [6.07, 6.45) is -2.67. The summed E-state index contributed by atoms with van der Waals surface area (Å²) < 4.78 is 38.9. The first-order chi connectivity index (χ1) is 7.99. The molecule has 1 aromatic carbocycles. The average Bonchev–Trinajstić information content (AvgIpc) is 2.32. The fraction of sp³-hybridized carbons (Fsp3) is 0.455. The number of aliphatic hydroxyl groups excluding tert-OH is 2. The molecule has 0 bridgehead atoms. The normalized spacial score (nSPS) is 14.7. The lowest BCUT2D eigenvalue weighted by Gasteiger charge is -2.18. The topological polar surface area (TPSA) is 52.5 Å². The highest BCUT2D eigenvalue weighted by atomic mass is 19.2. The van der Waals surface area contributed by atoms with Gasteiger partial charge < -0.3 is 15.5 Å². The monoisotopic (exact) mass is 249 g/mol. The molecule has 0 amide bonds. The van der Waals surface area contributed by atoms with Crippen molar-refractivity contribution in [1.29, 1.82) is 0 Å². The molecule has 0 spiro atoms. The van der Waals surface area contributed by atoms with Crippen molar-refractivity contribution in [3.63, 3.8) is 0 Å². The predicted octanol–water partition coefficient (Wildman–Crippen LogP) is 1.11. The van der Waals surface area contributed by atoms with Gasteiger partial charge in [0, 0.05) is 5.56 Å². The van der Waals surface area contributed by atoms with Gasteiger partial charge in [-0.2, -0.15) is 0 Å². The van der Waals surface area contributed by atoms with Gasteiger partial charge >= 0.3 is 0 Å². The van der Waals surface area contributed by atoms with Crippen LogP contribution >= 0.6 is 0 Å². The van der Waals surface area contributed by atoms with Gasteiger partial charge in [-0.15, -0.1) is 0 Å². The van der Waals surface area contributed by atoms with Crippen LogP contribution in [0.5, 0.6) is 0 Å². The van der Waals surface area contributed by atoms with Crippen molar-refractivity contribution >= 4 is 0 Å². The van der Waals surface area contributed by atoms with E-state index in [9.17, 15) is 23.4 Å². The van der Waals surface area contributed by atoms with Crippen LogP contribution in [0.2, 0.25) is 0 Å². The van der Waals surface area contributed by atoms with Crippen molar-refractivity contribution in [2.24, 2.45) is 0 Å². The summed E-state index contributed by atoms with van der Waals surface area (Å²) in [6.45, 7) is 0.406. The van der Waals surface area contributed by atoms with E-state index in [2.05, 4.69) is 5.32 Å². The van der Waals surface area contributed by atoms with Gasteiger partial charge in [0.25, 0.3) is 0 Å². The summed E-state index contributed by atoms with van der Waals surface area (Å²) in [7, 11) is 1.65. The smallest absolute Gasteiger partial charge is 0.194 e. The van der Waals surface area contributed by atoms with Crippen molar-refractivity contribution in [3.05, 3.63) is 35.1 Å². The van der Waals surface area contributed by atoms with Gasteiger partial charge in [0.15, 0.2) is 17.5 Å². The summed E-state index contributed by atoms with van der Waals surface area (Å²) in [4.78, 5) is 0. The third kappa shape index (κ3) is 3.18. The fourth-order valence-electron chi connectivity index (χ4n) is 1.43. The Morgan fingerprint density at radius 1 is 1.18 bits per heavy atom. The molecule has 2 atom stereocenters. The van der Waals surface area contributed by atoms with E-state index >= 15 is 0 Å². The summed E-state index contributed by atoms with van der Waals surface area (Å²) in [5, 5.41) is 21.9. The van der Waals surface area contributed by atoms with E-state index in [1.165, 1.54) is 0 Å². The Morgan fingerprint density at radius 3 is 2.41 bits per heavy atom. The summed E-state index contributed by atoms with van der Waals surface area (Å²) >= 11 is 0. The molecule has 2 unspecified atom stereocenters. The van der Waals surface area contributed by atoms with Crippen molar-refractivity contribution in [2.75, 3.05) is 13.6 Å². The second kappa shape index (κ2) is 6.00. The maximum absolute atomic E-state index is 13.3. The van der Waals surface area contributed by atoms with E-state index in [0.717, 1.165) is 6.07 Å². The third-order valence-corrected chi connectivity index (χ3v) is 2.44. The van der Waals surface area contributed by atoms with Crippen LogP contribution in [0.3, 0.4) is 0 Å². The van der Waals surface area contributed by atoms with Crippen LogP contribution in [-0.2, 0) is 0 Å². The number of rotatable bonds is 5. The van der Waals surface area contributed by atoms with Gasteiger partial charge in [0.2, 0.25) is 0 Å². The number of hydrogen-bond acceptors (Lipinski definition) is 3. The van der Waals surface area contributed by atoms with E-state index in [1.54, 1.807) is 7.05 Å². The second-order valence-corrected chi connectivity index (χ2v) is 3.67. The zero-order valence-electron chi connectivity index (χ0n) is 9.25. The number of nitrogens with one attached hydrogen (secondary N) is 1. The Kier molecular flexibility index (Phi) is 4.92. The highest BCUT2D eigenvalue weighted by Gasteiger charge is 2.24. The van der Waals surface area contributed by atoms with Gasteiger partial charge in [0.05, 0.1) is 6.10 Å². The lowest BCUT2D eigenvalue weighted by Crippen LogP contribution is -2.24. The first kappa shape index (κ1) is 14.0. The highest BCUT2D eigenvalue weighted by Crippen LogP contribution is 2.24. The first-order valence-corrected chi connectivity index (χ1v) is 5.13. The number of aliphatic hydroxyl groups is 2. The Morgan fingerprint density at radius 2 is 1.82 bits per heavy atom. The SMILES string of the molecule is CNCCC(O)C(O)c1ccc(F)c(F)c1F. The maximum Gasteiger partial charge on any atom is 0.194 e. The number of halogens is 3. The minimum atomic E-state index is -1.65. The van der Waals surface area contributed by atoms with Crippen molar-refractivity contribution in [1.82, 2.24) is 5.32 Å². The van der Waals surface area contributed by atoms with Gasteiger partial charge in [-0.05, 0) is 26.1 Å². The Labute approximate surface area is 96.9 Å². The van der Waals surface area contributed by atoms with E-state index < -0.39 is 35.2 Å². The Bertz CT molecular complexity index is 387. The molecule has 1 aromatic rings. The van der Waals surface area contributed by atoms with E-state index in [-0.39, 0.29) is 6.42 Å². The minimum Gasteiger partial charge on any atom is -0.390 e. The van der Waals surface area contributed by atoms with Gasteiger partial charge in [0.1, 0.15) is 6.10 Å². The molecule has 0 aromatic heterocycles. The van der Waals surface area contributed by atoms with Crippen LogP contribution in [-0.4, -0.2) is 29.9 Å². The first-order valence-electron chi connectivity index (χ1n) is 5.13.